The predicted molar refractivity (Wildman–Crippen MR) is 602 cm³/mol. The molecule has 5 unspecified atom stereocenters. The van der Waals surface area contributed by atoms with E-state index in [4.69, 9.17) is 53.1 Å². The summed E-state index contributed by atoms with van der Waals surface area (Å²) < 4.78 is 65.8. The van der Waals surface area contributed by atoms with E-state index in [1.807, 2.05) is 20.0 Å². The maximum Gasteiger partial charge on any atom is 0.167 e. The standard InChI is InChI=1S/C28H51N6O8P.C18H30N5O3P.C17H28N5O3P.C16H26N5O3P.C16H25N4O3P.3CH4/c1-43(2,3)19-6-22-24(35)25(36)28(42-22)34-21-33-23-26(31-20-32-27(23)34)30-8-5-10-38-12-14-40-16-18-41-17-15-39-13-11-37-9-4-7-29;1-5-6-8-19-16-13-17(21-10-20-16)23(11-22-13)18-15(25)14(24)12(26-18)7-9-27(2,3)4;1-5-7-18-15-12-16(20-9-19-15)22(10-21-12)17-14(24)13(23)11(25-17)6-8-26(2,3)4;1-5-17-14-11-15(19-8-18-14)21(9-20-11)16-13(23)12(22)10(24-16)6-7-25(2,3)4;1-17-10-5-7-18-15-12(10)19-9-20(15)16-14(22)13(21)11(23-16)6-8-24(2,3)4;;;/h20-22,24-25,28,35-36H,1,4-19,29H2,2-3H3,(H,30,31,32);10-12,14-15,18,24-25H,2,5-9H2,1,3-4H3,(H,19,20,21);9-11,13-14,17,23-24H,2,5-8H2,1,3-4H3,(H,18,19,20);8-10,12-13,16,22-23H,2,5-7H2,1,3-4H3,(H,17,18,19);5,7,9,11,13-14,16,21-22H,2,6,8H2,1,3-4H3,(H,17,18);3*1H4/t22-,24-,25-,28?;12-,14-,15-,18?;11-,13-,14-,17?;10-,12-,13-,16?;11-,13-,14-,16?;;;/m11111.../s1. The molecule has 0 saturated carbocycles. The van der Waals surface area contributed by atoms with E-state index in [-0.39, 0.29) is 22.3 Å². The number of hydrogen-bond acceptors (Lipinski definition) is 40. The molecule has 5 aliphatic rings. The van der Waals surface area contributed by atoms with Crippen molar-refractivity contribution in [3.63, 3.8) is 0 Å². The number of aliphatic hydroxyl groups excluding tert-OH is 10. The molecule has 15 heterocycles. The van der Waals surface area contributed by atoms with Crippen LogP contribution in [0.25, 0.3) is 55.8 Å². The molecule has 50 heteroatoms. The van der Waals surface area contributed by atoms with E-state index in [9.17, 15) is 51.1 Å². The van der Waals surface area contributed by atoms with Crippen LogP contribution >= 0.6 is 34.4 Å². The molecule has 0 aliphatic carbocycles. The van der Waals surface area contributed by atoms with Crippen LogP contribution in [0.15, 0.2) is 69.2 Å². The van der Waals surface area contributed by atoms with Gasteiger partial charge >= 0.3 is 0 Å². The van der Waals surface area contributed by atoms with Gasteiger partial charge in [-0.3, -0.25) is 22.8 Å². The van der Waals surface area contributed by atoms with Gasteiger partial charge in [0.25, 0.3) is 0 Å². The van der Waals surface area contributed by atoms with Crippen molar-refractivity contribution in [2.24, 2.45) is 5.73 Å². The number of fused-ring (bicyclic) bond motifs is 5. The zero-order valence-electron chi connectivity index (χ0n) is 86.5. The summed E-state index contributed by atoms with van der Waals surface area (Å²) in [4.78, 5) is 60.6. The average Bonchev–Trinajstić information content (AvgIpc) is 1.64. The van der Waals surface area contributed by atoms with Crippen LogP contribution in [0.5, 0.6) is 0 Å². The van der Waals surface area contributed by atoms with Gasteiger partial charge in [0.1, 0.15) is 91.9 Å². The maximum atomic E-state index is 10.7. The quantitative estimate of drug-likeness (QED) is 0.0127. The summed E-state index contributed by atoms with van der Waals surface area (Å²) in [6.07, 6.45) is 33.2. The van der Waals surface area contributed by atoms with Gasteiger partial charge in [-0.15, -0.1) is 65.9 Å². The van der Waals surface area contributed by atoms with E-state index in [0.29, 0.717) is 197 Å². The predicted octanol–water partition coefficient (Wildman–Crippen LogP) is 7.98. The summed E-state index contributed by atoms with van der Waals surface area (Å²) in [6.45, 7) is 30.5. The van der Waals surface area contributed by atoms with E-state index in [0.717, 1.165) is 81.7 Å². The number of nitrogens with zero attached hydrogens (tertiary/aromatic N) is 19. The Morgan fingerprint density at radius 2 is 0.568 bits per heavy atom. The maximum absolute atomic E-state index is 10.7. The van der Waals surface area contributed by atoms with Gasteiger partial charge in [-0.05, 0) is 175 Å². The van der Waals surface area contributed by atoms with Crippen molar-refractivity contribution in [2.75, 3.05) is 230 Å². The summed E-state index contributed by atoms with van der Waals surface area (Å²) in [5.74, 6) is 2.55. The Hall–Kier alpha value is -7.52. The molecule has 0 amide bonds. The number of nitrogens with one attached hydrogen (secondary N) is 5. The molecule has 5 aliphatic heterocycles. The van der Waals surface area contributed by atoms with Crippen LogP contribution < -0.4 is 32.3 Å². The van der Waals surface area contributed by atoms with Crippen molar-refractivity contribution in [3.05, 3.63) is 69.2 Å². The Bertz CT molecular complexity index is 5900. The highest BCUT2D eigenvalue weighted by molar-refractivity contribution is 7.73. The Labute approximate surface area is 871 Å². The van der Waals surface area contributed by atoms with Crippen LogP contribution in [-0.4, -0.2) is 470 Å². The Morgan fingerprint density at radius 1 is 0.318 bits per heavy atom. The van der Waals surface area contributed by atoms with Gasteiger partial charge in [0.2, 0.25) is 0 Å². The van der Waals surface area contributed by atoms with E-state index in [1.54, 1.807) is 60.7 Å². The van der Waals surface area contributed by atoms with Crippen LogP contribution in [0, 0.1) is 0 Å². The fraction of sp³-hybridized carbons (Fsp3) is 0.684. The lowest BCUT2D eigenvalue weighted by Crippen LogP contribution is -2.31. The molecular formula is C98H172N25O20P5. The molecule has 0 spiro atoms. The van der Waals surface area contributed by atoms with Crippen molar-refractivity contribution in [2.45, 2.75) is 230 Å². The highest BCUT2D eigenvalue weighted by Gasteiger charge is 2.50. The Morgan fingerprint density at radius 3 is 0.824 bits per heavy atom. The minimum atomic E-state index is -1.27. The number of pyridine rings is 1. The lowest BCUT2D eigenvalue weighted by molar-refractivity contribution is -0.0353. The highest BCUT2D eigenvalue weighted by atomic mass is 31.2. The number of aromatic nitrogens is 19. The third-order valence-corrected chi connectivity index (χ3v) is 32.1. The number of unbranched alkanes of at least 4 members (excludes halogenated alkanes) is 1. The monoisotopic (exact) mass is 2170 g/mol. The normalized spacial score (nSPS) is 24.5. The third kappa shape index (κ3) is 35.3. The number of nitrogens with two attached hydrogens (primary N) is 1. The van der Waals surface area contributed by atoms with Crippen LogP contribution in [0.3, 0.4) is 0 Å². The van der Waals surface area contributed by atoms with Crippen LogP contribution in [-0.2, 0) is 47.4 Å². The lowest BCUT2D eigenvalue weighted by Gasteiger charge is -2.18. The van der Waals surface area contributed by atoms with Crippen molar-refractivity contribution in [1.29, 1.82) is 0 Å². The zero-order valence-corrected chi connectivity index (χ0v) is 91.0. The van der Waals surface area contributed by atoms with E-state index >= 15 is 0 Å². The first-order chi connectivity index (χ1) is 69.1. The molecule has 10 aromatic rings. The third-order valence-electron chi connectivity index (χ3n) is 24.8. The largest absolute Gasteiger partial charge is 0.388 e. The molecule has 0 radical (unpaired) electrons. The summed E-state index contributed by atoms with van der Waals surface area (Å²) >= 11 is 0. The number of ether oxygens (including phenoxy) is 10. The molecule has 15 rings (SSSR count). The minimum absolute atomic E-state index is 0. The van der Waals surface area contributed by atoms with E-state index < -0.39 is 157 Å². The van der Waals surface area contributed by atoms with Crippen molar-refractivity contribution < 1.29 is 98.4 Å². The summed E-state index contributed by atoms with van der Waals surface area (Å²) in [7, 11) is 1.82. The minimum Gasteiger partial charge on any atom is -0.388 e. The van der Waals surface area contributed by atoms with Gasteiger partial charge in [0.05, 0.1) is 121 Å². The zero-order chi connectivity index (χ0) is 105. The SMILES string of the molecule is C.C.C.C=P(C)(C)CC[C@H]1OC(n2cnc3c(NC)ccnc32)[C@H](O)[C@@H]1O.C=P(C)(C)CC[C@H]1OC(n2cnc3c(NCC)ncnc32)[C@H](O)[C@@H]1O.C=P(C)(C)CC[C@H]1OC(n2cnc3c(NCCC)ncnc32)[C@H](O)[C@@H]1O.C=P(C)(C)CC[C@H]1OC(n2cnc3c(NCCCC)ncnc32)[C@H](O)[C@@H]1O.C=P(C)(C)CC[C@H]1OC(n2cnc3c(NCCCOCCOCCOCCOCCOCCCN)ncnc32)[C@H](O)[C@@H]1O. The van der Waals surface area contributed by atoms with Gasteiger partial charge in [0, 0.05) is 52.6 Å². The second-order valence-corrected chi connectivity index (χ2v) is 61.9. The van der Waals surface area contributed by atoms with Crippen LogP contribution in [0.1, 0.15) is 138 Å². The number of rotatable bonds is 50. The molecular weight excluding hydrogens is 2000 g/mol. The number of anilines is 5. The van der Waals surface area contributed by atoms with Gasteiger partial charge in [-0.1, -0.05) is 42.5 Å². The molecule has 148 heavy (non-hydrogen) atoms. The molecule has 5 saturated heterocycles. The molecule has 10 aromatic heterocycles. The molecule has 5 fully saturated rings. The fourth-order valence-electron chi connectivity index (χ4n) is 16.7. The summed E-state index contributed by atoms with van der Waals surface area (Å²) in [5.41, 5.74) is 12.2. The number of imidazole rings is 5. The van der Waals surface area contributed by atoms with Gasteiger partial charge in [-0.2, -0.15) is 0 Å². The average molecular weight is 2180 g/mol. The molecule has 17 N–H and O–H groups in total. The molecule has 834 valence electrons. The second kappa shape index (κ2) is 59.2. The Balaban J connectivity index is 0.000000229. The van der Waals surface area contributed by atoms with Gasteiger partial charge in [-0.25, -0.2) is 69.8 Å². The topological polar surface area (TPSA) is 586 Å². The Kier molecular flexibility index (Phi) is 50.3. The first-order valence-electron chi connectivity index (χ1n) is 49.8. The van der Waals surface area contributed by atoms with Crippen LogP contribution in [0.2, 0.25) is 0 Å². The first kappa shape index (κ1) is 126. The lowest BCUT2D eigenvalue weighted by atomic mass is 10.1. The molecule has 0 bridgehead atoms. The number of aliphatic hydroxyl groups is 10. The second-order valence-electron chi connectivity index (χ2n) is 40.3. The van der Waals surface area contributed by atoms with Crippen molar-refractivity contribution in [3.8, 4) is 0 Å². The molecule has 45 nitrogen and oxygen atoms in total. The van der Waals surface area contributed by atoms with Crippen molar-refractivity contribution in [1.82, 2.24) is 92.6 Å². The van der Waals surface area contributed by atoms with E-state index in [2.05, 4.69) is 208 Å². The number of hydrogen-bond donors (Lipinski definition) is 16. The highest BCUT2D eigenvalue weighted by Crippen LogP contribution is 2.47. The molecule has 20 atom stereocenters. The smallest absolute Gasteiger partial charge is 0.167 e. The van der Waals surface area contributed by atoms with Crippen LogP contribution in [0.4, 0.5) is 29.0 Å². The fourth-order valence-corrected chi connectivity index (χ4v) is 21.5. The van der Waals surface area contributed by atoms with Crippen molar-refractivity contribution >= 4 is 151 Å². The van der Waals surface area contributed by atoms with Gasteiger partial charge in [0.15, 0.2) is 105 Å². The first-order valence-corrected chi connectivity index (χ1v) is 65.0. The summed E-state index contributed by atoms with van der Waals surface area (Å²) in [6, 6.07) is 1.84. The van der Waals surface area contributed by atoms with Gasteiger partial charge < -0.3 is 131 Å². The molecule has 0 aromatic carbocycles. The summed E-state index contributed by atoms with van der Waals surface area (Å²) in [5, 5.41) is 121. The van der Waals surface area contributed by atoms with E-state index in [1.165, 1.54) is 25.3 Å².